The Balaban J connectivity index is 0.000000127. The zero-order valence-electron chi connectivity index (χ0n) is 78.8. The van der Waals surface area contributed by atoms with Gasteiger partial charge in [0.2, 0.25) is 0 Å². The van der Waals surface area contributed by atoms with Gasteiger partial charge in [0, 0.05) is 77.2 Å². The van der Waals surface area contributed by atoms with Gasteiger partial charge in [-0.1, -0.05) is 292 Å². The van der Waals surface area contributed by atoms with Gasteiger partial charge in [0.1, 0.15) is 23.3 Å². The molecule has 0 spiro atoms. The molecule has 658 valence electrons. The van der Waals surface area contributed by atoms with E-state index >= 15 is 0 Å². The van der Waals surface area contributed by atoms with Crippen molar-refractivity contribution < 1.29 is 0 Å². The summed E-state index contributed by atoms with van der Waals surface area (Å²) in [6, 6.07) is 116. The molecule has 0 atom stereocenters. The fourth-order valence-corrected chi connectivity index (χ4v) is 19.7. The molecule has 0 unspecified atom stereocenters. The molecule has 22 rings (SSSR count). The second kappa shape index (κ2) is 36.2. The molecule has 0 amide bonds. The molecule has 22 aromatic rings. The van der Waals surface area contributed by atoms with Crippen molar-refractivity contribution in [3.8, 4) is 136 Å². The molecule has 0 aliphatic carbocycles. The maximum absolute atomic E-state index is 10.5. The number of hydrogen-bond donors (Lipinski definition) is 0. The Morgan fingerprint density at radius 2 is 0.518 bits per heavy atom. The van der Waals surface area contributed by atoms with Crippen molar-refractivity contribution in [3.05, 3.63) is 429 Å². The molecule has 15 nitrogen and oxygen atoms in total. The number of benzene rings is 16. The normalized spacial score (nSPS) is 11.3. The van der Waals surface area contributed by atoms with Gasteiger partial charge in [0.15, 0.2) is 40.5 Å². The van der Waals surface area contributed by atoms with Gasteiger partial charge in [0.05, 0.1) is 57.9 Å². The van der Waals surface area contributed by atoms with Gasteiger partial charge in [-0.3, -0.25) is 0 Å². The molecule has 0 aliphatic rings. The lowest BCUT2D eigenvalue weighted by Crippen LogP contribution is -2.02. The van der Waals surface area contributed by atoms with Crippen LogP contribution in [0.1, 0.15) is 84.5 Å². The first-order valence-electron chi connectivity index (χ1n) is 45.9. The van der Waals surface area contributed by atoms with E-state index in [2.05, 4.69) is 341 Å². The third-order valence-electron chi connectivity index (χ3n) is 25.2. The number of nitrogens with zero attached hydrogens (tertiary/aromatic N) is 15. The van der Waals surface area contributed by atoms with E-state index in [-0.39, 0.29) is 0 Å². The molecule has 137 heavy (non-hydrogen) atoms. The van der Waals surface area contributed by atoms with E-state index in [9.17, 15) is 5.26 Å². The average molecular weight is 1770 g/mol. The highest BCUT2D eigenvalue weighted by Gasteiger charge is 2.25. The highest BCUT2D eigenvalue weighted by atomic mass is 15.1. The molecule has 0 radical (unpaired) electrons. The summed E-state index contributed by atoms with van der Waals surface area (Å²) in [6.07, 6.45) is 0. The fourth-order valence-electron chi connectivity index (χ4n) is 19.7. The summed E-state index contributed by atoms with van der Waals surface area (Å²) in [5.74, 6) is 5.15. The number of fused-ring (bicyclic) bond motifs is 9. The molecule has 15 heteroatoms. The molecular formula is C122H95N15. The molecule has 0 bridgehead atoms. The second-order valence-corrected chi connectivity index (χ2v) is 36.1. The van der Waals surface area contributed by atoms with Crippen LogP contribution in [0.2, 0.25) is 0 Å². The molecule has 0 N–H and O–H groups in total. The van der Waals surface area contributed by atoms with E-state index in [1.54, 1.807) is 0 Å². The number of para-hydroxylation sites is 1. The van der Waals surface area contributed by atoms with Crippen LogP contribution in [0.3, 0.4) is 0 Å². The molecule has 0 saturated carbocycles. The summed E-state index contributed by atoms with van der Waals surface area (Å²) in [4.78, 5) is 49.4. The van der Waals surface area contributed by atoms with E-state index in [4.69, 9.17) is 28.1 Å². The van der Waals surface area contributed by atoms with Crippen LogP contribution in [0.4, 0.5) is 11.4 Å². The first-order chi connectivity index (χ1) is 66.4. The Bertz CT molecular complexity index is 8390. The van der Waals surface area contributed by atoms with E-state index in [0.717, 1.165) is 94.3 Å². The SMILES string of the molecule is Cc1cc(C)cc(-c2ccc3c(c2)c2ccccc2n3-c2ccc(-c3nc(-c4ccccc4)nc(-c4ccccc4)n3)c(C#N)c2)c1.[C-]#[N+]c1cc(-n2c3cc(-c4cc(C)cc(C)c4)ccc3c3ccc(-c4cc(C)cc(C)c4)cc32)ccc1-c1nc(C)nc(C)n1.[C-]#[N+]c1ccc(-n2c3cc(-c4cc(C)cc(C)c4)ccc3c3ccc(-c4cc(C)cc(C)c4)cc32)cc1-c1nc(C)nc(C)n1. The van der Waals surface area contributed by atoms with Crippen LogP contribution >= 0.6 is 0 Å². The fraction of sp³-hybridized carbons (Fsp3) is 0.115. The van der Waals surface area contributed by atoms with Crippen LogP contribution in [-0.2, 0) is 0 Å². The zero-order chi connectivity index (χ0) is 94.7. The van der Waals surface area contributed by atoms with Crippen LogP contribution in [0.5, 0.6) is 0 Å². The lowest BCUT2D eigenvalue weighted by atomic mass is 9.98. The Morgan fingerprint density at radius 3 is 0.912 bits per heavy atom. The number of aryl methyl sites for hydroxylation is 14. The molecule has 16 aromatic carbocycles. The largest absolute Gasteiger partial charge is 0.310 e. The predicted molar refractivity (Wildman–Crippen MR) is 560 cm³/mol. The van der Waals surface area contributed by atoms with Gasteiger partial charge in [-0.25, -0.2) is 54.5 Å². The van der Waals surface area contributed by atoms with Gasteiger partial charge >= 0.3 is 0 Å². The lowest BCUT2D eigenvalue weighted by Gasteiger charge is -2.13. The maximum Gasteiger partial charge on any atom is 0.200 e. The summed E-state index contributed by atoms with van der Waals surface area (Å²) in [6.45, 7) is 44.9. The minimum Gasteiger partial charge on any atom is -0.310 e. The third kappa shape index (κ3) is 17.4. The summed E-state index contributed by atoms with van der Waals surface area (Å²) < 4.78 is 6.85. The molecule has 0 fully saturated rings. The molecule has 6 heterocycles. The summed E-state index contributed by atoms with van der Waals surface area (Å²) in [7, 11) is 0. The van der Waals surface area contributed by atoms with E-state index in [1.165, 1.54) is 111 Å². The van der Waals surface area contributed by atoms with Crippen LogP contribution in [0, 0.1) is 121 Å². The quantitative estimate of drug-likeness (QED) is 0.102. The number of rotatable bonds is 13. The van der Waals surface area contributed by atoms with Gasteiger partial charge in [-0.15, -0.1) is 0 Å². The third-order valence-corrected chi connectivity index (χ3v) is 25.2. The van der Waals surface area contributed by atoms with Crippen LogP contribution in [-0.4, -0.2) is 58.6 Å². The number of nitriles is 1. The smallest absolute Gasteiger partial charge is 0.200 e. The second-order valence-electron chi connectivity index (χ2n) is 36.1. The van der Waals surface area contributed by atoms with Crippen molar-refractivity contribution in [2.75, 3.05) is 0 Å². The lowest BCUT2D eigenvalue weighted by molar-refractivity contribution is 0.928. The van der Waals surface area contributed by atoms with Crippen molar-refractivity contribution in [3.63, 3.8) is 0 Å². The van der Waals surface area contributed by atoms with Crippen molar-refractivity contribution >= 4 is 76.8 Å². The van der Waals surface area contributed by atoms with Gasteiger partial charge in [-0.05, 0) is 237 Å². The first kappa shape index (κ1) is 87.4. The number of aromatic nitrogens is 12. The first-order valence-corrected chi connectivity index (χ1v) is 45.9. The molecule has 0 aliphatic heterocycles. The zero-order valence-corrected chi connectivity index (χ0v) is 78.8. The van der Waals surface area contributed by atoms with Crippen molar-refractivity contribution in [2.24, 2.45) is 0 Å². The maximum atomic E-state index is 10.5. The Hall–Kier alpha value is -17.6. The van der Waals surface area contributed by atoms with Crippen molar-refractivity contribution in [1.82, 2.24) is 58.6 Å². The molecular weight excluding hydrogens is 1680 g/mol. The van der Waals surface area contributed by atoms with Gasteiger partial charge in [-0.2, -0.15) is 5.26 Å². The number of hydrogen-bond acceptors (Lipinski definition) is 10. The van der Waals surface area contributed by atoms with Crippen LogP contribution in [0.25, 0.3) is 205 Å². The molecule has 0 saturated heterocycles. The topological polar surface area (TPSA) is 163 Å². The predicted octanol–water partition coefficient (Wildman–Crippen LogP) is 30.9. The highest BCUT2D eigenvalue weighted by Crippen LogP contribution is 2.45. The molecule has 6 aromatic heterocycles. The highest BCUT2D eigenvalue weighted by molar-refractivity contribution is 6.14. The standard InChI is InChI=1S/C42H29N5.2C40H33N5/c1-27-21-28(2)23-32(22-27)31-17-20-39-37(25-31)36-15-9-10-16-38(36)47(39)34-18-19-35(33(24-34)26-43)42-45-40(29-11-5-3-6-12-29)44-41(46-42)30-13-7-4-8-14-30;1-23-14-24(2)17-31(16-23)29-8-11-34-35-12-9-30(32-18-25(3)15-26(4)19-32)21-39(35)45(38(34)20-29)33-10-13-37(41-7)36(22-33)40-43-27(5)42-28(6)44-40;1-23-14-24(2)17-31(16-23)29-8-11-34-35-12-9-30(32-18-25(3)15-26(4)19-32)21-39(35)45(38(34)20-29)33-10-13-36(37(22-33)41-7)40-43-27(5)42-28(6)44-40/h3-25H,1-2H3;2*8-22H,1-6H3. The minimum absolute atomic E-state index is 0.459. The summed E-state index contributed by atoms with van der Waals surface area (Å²) in [5.41, 5.74) is 38.9. The van der Waals surface area contributed by atoms with Crippen molar-refractivity contribution in [1.29, 1.82) is 5.26 Å². The van der Waals surface area contributed by atoms with Crippen molar-refractivity contribution in [2.45, 2.75) is 96.9 Å². The Kier molecular flexibility index (Phi) is 23.1. The van der Waals surface area contributed by atoms with E-state index in [1.807, 2.05) is 137 Å². The van der Waals surface area contributed by atoms with Crippen LogP contribution in [0.15, 0.2) is 322 Å². The Morgan fingerprint density at radius 1 is 0.212 bits per heavy atom. The minimum atomic E-state index is 0.459. The average Bonchev–Trinajstić information content (AvgIpc) is 1.59. The monoisotopic (exact) mass is 1770 g/mol. The summed E-state index contributed by atoms with van der Waals surface area (Å²) >= 11 is 0. The van der Waals surface area contributed by atoms with Gasteiger partial charge in [0.25, 0.3) is 0 Å². The summed E-state index contributed by atoms with van der Waals surface area (Å²) in [5, 5.41) is 17.5. The van der Waals surface area contributed by atoms with Gasteiger partial charge < -0.3 is 13.7 Å². The van der Waals surface area contributed by atoms with Crippen LogP contribution < -0.4 is 0 Å². The van der Waals surface area contributed by atoms with E-state index < -0.39 is 0 Å². The van der Waals surface area contributed by atoms with E-state index in [0.29, 0.717) is 86.0 Å². The Labute approximate surface area is 796 Å².